The molecule has 2 aromatic heterocycles. The summed E-state index contributed by atoms with van der Waals surface area (Å²) in [7, 11) is 0. The molecule has 18 heavy (non-hydrogen) atoms. The van der Waals surface area contributed by atoms with Crippen molar-refractivity contribution >= 4 is 5.91 Å². The fourth-order valence-corrected chi connectivity index (χ4v) is 1.41. The summed E-state index contributed by atoms with van der Waals surface area (Å²) in [4.78, 5) is 30.7. The smallest absolute Gasteiger partial charge is 0.253 e. The summed E-state index contributed by atoms with van der Waals surface area (Å²) in [6.07, 6.45) is 6.08. The second-order valence-electron chi connectivity index (χ2n) is 3.68. The number of hydrogen-bond donors (Lipinski definition) is 1. The van der Waals surface area contributed by atoms with Crippen molar-refractivity contribution in [2.75, 3.05) is 0 Å². The average Bonchev–Trinajstić information content (AvgIpc) is 2.40. The Kier molecular flexibility index (Phi) is 3.80. The first-order valence-electron chi connectivity index (χ1n) is 5.42. The van der Waals surface area contributed by atoms with Crippen molar-refractivity contribution in [3.63, 3.8) is 0 Å². The summed E-state index contributed by atoms with van der Waals surface area (Å²) in [5.41, 5.74) is 0.658. The highest BCUT2D eigenvalue weighted by Gasteiger charge is 2.03. The molecule has 2 heterocycles. The highest BCUT2D eigenvalue weighted by molar-refractivity contribution is 5.75. The van der Waals surface area contributed by atoms with Gasteiger partial charge in [0.15, 0.2) is 0 Å². The van der Waals surface area contributed by atoms with Crippen molar-refractivity contribution in [3.05, 3.63) is 59.0 Å². The monoisotopic (exact) mass is 244 g/mol. The Hall–Kier alpha value is -2.50. The Balaban J connectivity index is 1.90. The van der Waals surface area contributed by atoms with Gasteiger partial charge in [0.2, 0.25) is 5.91 Å². The zero-order chi connectivity index (χ0) is 12.8. The lowest BCUT2D eigenvalue weighted by Crippen LogP contribution is -2.31. The lowest BCUT2D eigenvalue weighted by molar-refractivity contribution is -0.121. The van der Waals surface area contributed by atoms with Crippen LogP contribution in [0.15, 0.2) is 47.9 Å². The standard InChI is InChI=1S/C12H12N4O2/c17-11(8-16-9-14-5-3-12(16)18)15-7-10-2-1-4-13-6-10/h1-6,9H,7-8H2,(H,15,17). The van der Waals surface area contributed by atoms with E-state index in [9.17, 15) is 9.59 Å². The summed E-state index contributed by atoms with van der Waals surface area (Å²) < 4.78 is 1.25. The van der Waals surface area contributed by atoms with Crippen LogP contribution in [-0.4, -0.2) is 20.4 Å². The van der Waals surface area contributed by atoms with E-state index >= 15 is 0 Å². The van der Waals surface area contributed by atoms with Gasteiger partial charge in [0.25, 0.3) is 5.56 Å². The van der Waals surface area contributed by atoms with E-state index in [0.29, 0.717) is 6.54 Å². The third-order valence-electron chi connectivity index (χ3n) is 2.32. The van der Waals surface area contributed by atoms with Gasteiger partial charge in [0.05, 0.1) is 6.33 Å². The number of rotatable bonds is 4. The molecule has 0 spiro atoms. The first-order chi connectivity index (χ1) is 8.75. The SMILES string of the molecule is O=C(Cn1cnccc1=O)NCc1cccnc1. The van der Waals surface area contributed by atoms with Crippen molar-refractivity contribution in [2.24, 2.45) is 0 Å². The van der Waals surface area contributed by atoms with Crippen molar-refractivity contribution < 1.29 is 4.79 Å². The first kappa shape index (κ1) is 12.0. The molecule has 0 atom stereocenters. The van der Waals surface area contributed by atoms with Crippen molar-refractivity contribution in [2.45, 2.75) is 13.1 Å². The van der Waals surface area contributed by atoms with Gasteiger partial charge in [-0.1, -0.05) is 6.07 Å². The van der Waals surface area contributed by atoms with Crippen LogP contribution in [-0.2, 0) is 17.9 Å². The molecule has 2 aromatic rings. The Morgan fingerprint density at radius 3 is 2.89 bits per heavy atom. The molecule has 0 radical (unpaired) electrons. The van der Waals surface area contributed by atoms with E-state index in [-0.39, 0.29) is 18.0 Å². The van der Waals surface area contributed by atoms with Crippen LogP contribution in [0.2, 0.25) is 0 Å². The number of carbonyl (C=O) groups is 1. The van der Waals surface area contributed by atoms with Crippen LogP contribution in [0.1, 0.15) is 5.56 Å². The molecule has 0 saturated heterocycles. The van der Waals surface area contributed by atoms with E-state index in [1.165, 1.54) is 23.2 Å². The normalized spacial score (nSPS) is 10.0. The predicted octanol–water partition coefficient (Wildman–Crippen LogP) is -0.0453. The maximum absolute atomic E-state index is 11.6. The molecule has 0 bridgehead atoms. The van der Waals surface area contributed by atoms with Gasteiger partial charge >= 0.3 is 0 Å². The number of amides is 1. The molecular formula is C12H12N4O2. The summed E-state index contributed by atoms with van der Waals surface area (Å²) in [5, 5.41) is 2.71. The number of aromatic nitrogens is 3. The van der Waals surface area contributed by atoms with Crippen LogP contribution in [0.4, 0.5) is 0 Å². The van der Waals surface area contributed by atoms with E-state index in [4.69, 9.17) is 0 Å². The second kappa shape index (κ2) is 5.72. The van der Waals surface area contributed by atoms with Crippen molar-refractivity contribution in [1.82, 2.24) is 19.9 Å². The van der Waals surface area contributed by atoms with Gasteiger partial charge in [-0.2, -0.15) is 0 Å². The van der Waals surface area contributed by atoms with Crippen LogP contribution >= 0.6 is 0 Å². The van der Waals surface area contributed by atoms with Gasteiger partial charge < -0.3 is 5.32 Å². The predicted molar refractivity (Wildman–Crippen MR) is 64.6 cm³/mol. The molecule has 6 nitrogen and oxygen atoms in total. The molecule has 0 fully saturated rings. The zero-order valence-corrected chi connectivity index (χ0v) is 9.61. The van der Waals surface area contributed by atoms with Crippen LogP contribution < -0.4 is 10.9 Å². The summed E-state index contributed by atoms with van der Waals surface area (Å²) in [6.45, 7) is 0.356. The second-order valence-corrected chi connectivity index (χ2v) is 3.68. The Labute approximate surface area is 103 Å². The highest BCUT2D eigenvalue weighted by atomic mass is 16.2. The molecule has 1 N–H and O–H groups in total. The number of pyridine rings is 1. The average molecular weight is 244 g/mol. The minimum atomic E-state index is -0.249. The minimum Gasteiger partial charge on any atom is -0.350 e. The topological polar surface area (TPSA) is 76.9 Å². The molecule has 0 unspecified atom stereocenters. The number of nitrogens with zero attached hydrogens (tertiary/aromatic N) is 3. The lowest BCUT2D eigenvalue weighted by Gasteiger charge is -2.06. The molecule has 1 amide bonds. The molecule has 0 aliphatic heterocycles. The van der Waals surface area contributed by atoms with Crippen LogP contribution in [0, 0.1) is 0 Å². The minimum absolute atomic E-state index is 0.0348. The van der Waals surface area contributed by atoms with Gasteiger partial charge in [0.1, 0.15) is 6.54 Å². The van der Waals surface area contributed by atoms with E-state index in [1.807, 2.05) is 6.07 Å². The zero-order valence-electron chi connectivity index (χ0n) is 9.61. The molecule has 0 aromatic carbocycles. The molecule has 0 aliphatic rings. The van der Waals surface area contributed by atoms with Crippen molar-refractivity contribution in [1.29, 1.82) is 0 Å². The third kappa shape index (κ3) is 3.24. The van der Waals surface area contributed by atoms with Gasteiger partial charge in [-0.25, -0.2) is 4.98 Å². The lowest BCUT2D eigenvalue weighted by atomic mass is 10.3. The van der Waals surface area contributed by atoms with Crippen molar-refractivity contribution in [3.8, 4) is 0 Å². The highest BCUT2D eigenvalue weighted by Crippen LogP contribution is 1.94. The van der Waals surface area contributed by atoms with Gasteiger partial charge in [0, 0.05) is 31.2 Å². The van der Waals surface area contributed by atoms with E-state index in [0.717, 1.165) is 5.56 Å². The number of nitrogens with one attached hydrogen (secondary N) is 1. The van der Waals surface area contributed by atoms with Crippen LogP contribution in [0.5, 0.6) is 0 Å². The first-order valence-corrected chi connectivity index (χ1v) is 5.42. The summed E-state index contributed by atoms with van der Waals surface area (Å²) in [5.74, 6) is -0.242. The maximum Gasteiger partial charge on any atom is 0.253 e. The van der Waals surface area contributed by atoms with Crippen LogP contribution in [0.25, 0.3) is 0 Å². The number of carbonyl (C=O) groups excluding carboxylic acids is 1. The van der Waals surface area contributed by atoms with Gasteiger partial charge in [-0.05, 0) is 11.6 Å². The van der Waals surface area contributed by atoms with Gasteiger partial charge in [-0.3, -0.25) is 19.1 Å². The fourth-order valence-electron chi connectivity index (χ4n) is 1.41. The Morgan fingerprint density at radius 2 is 2.17 bits per heavy atom. The fraction of sp³-hybridized carbons (Fsp3) is 0.167. The van der Waals surface area contributed by atoms with E-state index in [2.05, 4.69) is 15.3 Å². The quantitative estimate of drug-likeness (QED) is 0.818. The Bertz CT molecular complexity index is 580. The van der Waals surface area contributed by atoms with Gasteiger partial charge in [-0.15, -0.1) is 0 Å². The molecule has 92 valence electrons. The number of hydrogen-bond acceptors (Lipinski definition) is 4. The molecule has 6 heteroatoms. The van der Waals surface area contributed by atoms with E-state index in [1.54, 1.807) is 18.5 Å². The summed E-state index contributed by atoms with van der Waals surface area (Å²) in [6, 6.07) is 4.98. The molecular weight excluding hydrogens is 232 g/mol. The van der Waals surface area contributed by atoms with E-state index < -0.39 is 0 Å². The Morgan fingerprint density at radius 1 is 1.28 bits per heavy atom. The van der Waals surface area contributed by atoms with Crippen LogP contribution in [0.3, 0.4) is 0 Å². The third-order valence-corrected chi connectivity index (χ3v) is 2.32. The molecule has 0 aliphatic carbocycles. The maximum atomic E-state index is 11.6. The summed E-state index contributed by atoms with van der Waals surface area (Å²) >= 11 is 0. The largest absolute Gasteiger partial charge is 0.350 e. The molecule has 0 saturated carbocycles. The molecule has 2 rings (SSSR count).